The average Bonchev–Trinajstić information content (AvgIpc) is 2.22. The number of aryl methyl sites for hydroxylation is 1. The van der Waals surface area contributed by atoms with Crippen LogP contribution in [-0.4, -0.2) is 11.9 Å². The fourth-order valence-corrected chi connectivity index (χ4v) is 2.12. The number of nitrogens with one attached hydrogen (secondary N) is 1. The molecule has 3 heteroatoms. The van der Waals surface area contributed by atoms with Crippen molar-refractivity contribution in [1.82, 2.24) is 5.32 Å². The first-order valence-electron chi connectivity index (χ1n) is 5.44. The number of amides is 1. The first-order valence-corrected chi connectivity index (χ1v) is 5.44. The standard InChI is InChI=1S/C13H13NO2/c1-8-3-2-4-9(5-8)7-16-11-6-10-12(11)13(15)14-10/h2-6,10,12H,7H2,1H3,(H,14,15)/t10-,12-/m1/s1. The Morgan fingerprint density at radius 1 is 1.44 bits per heavy atom. The zero-order valence-electron chi connectivity index (χ0n) is 9.07. The SMILES string of the molecule is Cc1cccc(COC2=C[C@H]3NC(=O)[C@@H]23)c1. The summed E-state index contributed by atoms with van der Waals surface area (Å²) >= 11 is 0. The van der Waals surface area contributed by atoms with Gasteiger partial charge in [0.2, 0.25) is 5.91 Å². The van der Waals surface area contributed by atoms with Gasteiger partial charge in [-0.25, -0.2) is 0 Å². The maximum absolute atomic E-state index is 11.1. The highest BCUT2D eigenvalue weighted by molar-refractivity contribution is 5.91. The topological polar surface area (TPSA) is 38.3 Å². The Morgan fingerprint density at radius 2 is 2.31 bits per heavy atom. The van der Waals surface area contributed by atoms with Crippen molar-refractivity contribution < 1.29 is 9.53 Å². The number of benzene rings is 1. The van der Waals surface area contributed by atoms with Gasteiger partial charge < -0.3 is 10.1 Å². The number of hydrogen-bond donors (Lipinski definition) is 1. The van der Waals surface area contributed by atoms with Crippen LogP contribution in [0.2, 0.25) is 0 Å². The molecule has 0 bridgehead atoms. The van der Waals surface area contributed by atoms with Crippen molar-refractivity contribution >= 4 is 5.91 Å². The van der Waals surface area contributed by atoms with Crippen LogP contribution in [0.3, 0.4) is 0 Å². The molecule has 1 N–H and O–H groups in total. The highest BCUT2D eigenvalue weighted by Crippen LogP contribution is 2.35. The smallest absolute Gasteiger partial charge is 0.233 e. The van der Waals surface area contributed by atoms with Gasteiger partial charge in [0.05, 0.1) is 6.04 Å². The Morgan fingerprint density at radius 3 is 3.00 bits per heavy atom. The second-order valence-corrected chi connectivity index (χ2v) is 4.36. The van der Waals surface area contributed by atoms with Crippen LogP contribution in [0.4, 0.5) is 0 Å². The summed E-state index contributed by atoms with van der Waals surface area (Å²) in [4.78, 5) is 11.1. The van der Waals surface area contributed by atoms with Crippen LogP contribution in [0, 0.1) is 12.8 Å². The number of rotatable bonds is 3. The van der Waals surface area contributed by atoms with Crippen molar-refractivity contribution in [3.63, 3.8) is 0 Å². The van der Waals surface area contributed by atoms with Crippen LogP contribution in [-0.2, 0) is 16.1 Å². The predicted octanol–water partition coefficient (Wildman–Crippen LogP) is 1.52. The molecule has 0 radical (unpaired) electrons. The third-order valence-corrected chi connectivity index (χ3v) is 3.09. The number of carbonyl (C=O) groups excluding carboxylic acids is 1. The number of hydrogen-bond acceptors (Lipinski definition) is 2. The summed E-state index contributed by atoms with van der Waals surface area (Å²) in [6, 6.07) is 8.44. The molecule has 3 nitrogen and oxygen atoms in total. The molecule has 2 atom stereocenters. The predicted molar refractivity (Wildman–Crippen MR) is 59.5 cm³/mol. The van der Waals surface area contributed by atoms with Gasteiger partial charge in [-0.2, -0.15) is 0 Å². The molecule has 1 aliphatic carbocycles. The molecule has 16 heavy (non-hydrogen) atoms. The van der Waals surface area contributed by atoms with Gasteiger partial charge in [0.15, 0.2) is 0 Å². The monoisotopic (exact) mass is 215 g/mol. The molecule has 1 aliphatic heterocycles. The van der Waals surface area contributed by atoms with Crippen LogP contribution in [0.5, 0.6) is 0 Å². The third kappa shape index (κ3) is 1.40. The lowest BCUT2D eigenvalue weighted by atomic mass is 9.78. The number of ether oxygens (including phenoxy) is 1. The summed E-state index contributed by atoms with van der Waals surface area (Å²) in [5.41, 5.74) is 2.37. The molecular formula is C13H13NO2. The van der Waals surface area contributed by atoms with Gasteiger partial charge in [-0.15, -0.1) is 0 Å². The summed E-state index contributed by atoms with van der Waals surface area (Å²) in [6.07, 6.45) is 1.97. The number of fused-ring (bicyclic) bond motifs is 1. The van der Waals surface area contributed by atoms with E-state index >= 15 is 0 Å². The molecule has 1 saturated heterocycles. The van der Waals surface area contributed by atoms with E-state index in [-0.39, 0.29) is 17.9 Å². The van der Waals surface area contributed by atoms with Crippen molar-refractivity contribution in [2.75, 3.05) is 0 Å². The van der Waals surface area contributed by atoms with E-state index in [4.69, 9.17) is 4.74 Å². The Labute approximate surface area is 94.1 Å². The summed E-state index contributed by atoms with van der Waals surface area (Å²) in [5.74, 6) is 0.909. The molecule has 3 rings (SSSR count). The lowest BCUT2D eigenvalue weighted by Gasteiger charge is -2.43. The Kier molecular flexibility index (Phi) is 1.99. The summed E-state index contributed by atoms with van der Waals surface area (Å²) < 4.78 is 5.62. The van der Waals surface area contributed by atoms with Crippen LogP contribution in [0.25, 0.3) is 0 Å². The third-order valence-electron chi connectivity index (χ3n) is 3.09. The lowest BCUT2D eigenvalue weighted by Crippen LogP contribution is -2.63. The summed E-state index contributed by atoms with van der Waals surface area (Å²) in [6.45, 7) is 2.60. The van der Waals surface area contributed by atoms with E-state index in [9.17, 15) is 4.79 Å². The lowest BCUT2D eigenvalue weighted by molar-refractivity contribution is -0.136. The average molecular weight is 215 g/mol. The van der Waals surface area contributed by atoms with Crippen molar-refractivity contribution in [3.05, 3.63) is 47.2 Å². The van der Waals surface area contributed by atoms with Gasteiger partial charge in [0.25, 0.3) is 0 Å². The van der Waals surface area contributed by atoms with Gasteiger partial charge in [0.1, 0.15) is 18.3 Å². The Balaban J connectivity index is 1.62. The zero-order chi connectivity index (χ0) is 11.1. The van der Waals surface area contributed by atoms with E-state index in [0.717, 1.165) is 11.3 Å². The van der Waals surface area contributed by atoms with E-state index in [1.807, 2.05) is 18.2 Å². The molecule has 1 aromatic carbocycles. The van der Waals surface area contributed by atoms with Crippen LogP contribution in [0.1, 0.15) is 11.1 Å². The van der Waals surface area contributed by atoms with Crippen molar-refractivity contribution in [2.24, 2.45) is 5.92 Å². The Hall–Kier alpha value is -1.77. The molecule has 82 valence electrons. The number of β-lactam (4-membered cyclic amide) rings is 1. The minimum Gasteiger partial charge on any atom is -0.493 e. The normalized spacial score (nSPS) is 25.8. The minimum absolute atomic E-state index is 0.00944. The van der Waals surface area contributed by atoms with E-state index in [1.54, 1.807) is 0 Å². The van der Waals surface area contributed by atoms with Crippen molar-refractivity contribution in [2.45, 2.75) is 19.6 Å². The molecule has 1 heterocycles. The quantitative estimate of drug-likeness (QED) is 0.776. The largest absolute Gasteiger partial charge is 0.493 e. The Bertz CT molecular complexity index is 479. The fraction of sp³-hybridized carbons (Fsp3) is 0.308. The second kappa shape index (κ2) is 3.37. The van der Waals surface area contributed by atoms with Crippen molar-refractivity contribution in [3.8, 4) is 0 Å². The van der Waals surface area contributed by atoms with Gasteiger partial charge in [-0.1, -0.05) is 29.8 Å². The summed E-state index contributed by atoms with van der Waals surface area (Å²) in [5, 5.41) is 2.78. The van der Waals surface area contributed by atoms with E-state index in [1.165, 1.54) is 5.56 Å². The van der Waals surface area contributed by atoms with Crippen LogP contribution in [0.15, 0.2) is 36.1 Å². The molecular weight excluding hydrogens is 202 g/mol. The van der Waals surface area contributed by atoms with Crippen LogP contribution < -0.4 is 5.32 Å². The molecule has 1 fully saturated rings. The molecule has 0 saturated carbocycles. The van der Waals surface area contributed by atoms with Gasteiger partial charge >= 0.3 is 0 Å². The minimum atomic E-state index is -0.00944. The summed E-state index contributed by atoms with van der Waals surface area (Å²) in [7, 11) is 0. The van der Waals surface area contributed by atoms with Gasteiger partial charge in [-0.05, 0) is 18.6 Å². The zero-order valence-corrected chi connectivity index (χ0v) is 9.07. The van der Waals surface area contributed by atoms with Crippen molar-refractivity contribution in [1.29, 1.82) is 0 Å². The first-order chi connectivity index (χ1) is 7.74. The van der Waals surface area contributed by atoms with E-state index < -0.39 is 0 Å². The molecule has 2 aliphatic rings. The maximum atomic E-state index is 11.1. The maximum Gasteiger partial charge on any atom is 0.233 e. The second-order valence-electron chi connectivity index (χ2n) is 4.36. The van der Waals surface area contributed by atoms with Gasteiger partial charge in [-0.3, -0.25) is 4.79 Å². The van der Waals surface area contributed by atoms with Crippen LogP contribution >= 0.6 is 0 Å². The highest BCUT2D eigenvalue weighted by atomic mass is 16.5. The molecule has 1 amide bonds. The first kappa shape index (κ1) is 9.46. The van der Waals surface area contributed by atoms with E-state index in [0.29, 0.717) is 6.61 Å². The van der Waals surface area contributed by atoms with Gasteiger partial charge in [0, 0.05) is 0 Å². The fourth-order valence-electron chi connectivity index (χ4n) is 2.12. The molecule has 0 aromatic heterocycles. The molecule has 0 spiro atoms. The number of carbonyl (C=O) groups is 1. The molecule has 0 unspecified atom stereocenters. The highest BCUT2D eigenvalue weighted by Gasteiger charge is 2.49. The van der Waals surface area contributed by atoms with E-state index in [2.05, 4.69) is 24.4 Å². The molecule has 1 aromatic rings.